The molecule has 0 amide bonds. The Bertz CT molecular complexity index is 8940. The molecule has 0 spiro atoms. The van der Waals surface area contributed by atoms with Gasteiger partial charge in [-0.25, -0.2) is 29.9 Å². The molecule has 0 aliphatic rings. The maximum atomic E-state index is 5.08. The van der Waals surface area contributed by atoms with Gasteiger partial charge in [-0.15, -0.1) is 22.7 Å². The minimum atomic E-state index is 0.619. The fourth-order valence-electron chi connectivity index (χ4n) is 19.0. The van der Waals surface area contributed by atoms with E-state index < -0.39 is 0 Å². The summed E-state index contributed by atoms with van der Waals surface area (Å²) in [6.45, 7) is 0. The van der Waals surface area contributed by atoms with Crippen LogP contribution < -0.4 is 0 Å². The normalized spacial score (nSPS) is 11.6. The van der Waals surface area contributed by atoms with Crippen LogP contribution >= 0.6 is 22.7 Å². The first-order valence-corrected chi connectivity index (χ1v) is 45.8. The molecule has 0 saturated heterocycles. The van der Waals surface area contributed by atoms with E-state index in [0.29, 0.717) is 40.9 Å². The van der Waals surface area contributed by atoms with Crippen LogP contribution in [0.15, 0.2) is 449 Å². The van der Waals surface area contributed by atoms with Crippen molar-refractivity contribution in [3.63, 3.8) is 0 Å². The summed E-state index contributed by atoms with van der Waals surface area (Å²) in [6.07, 6.45) is 0. The molecule has 9 aromatic heterocycles. The number of para-hydroxylation sites is 5. The third-order valence-electron chi connectivity index (χ3n) is 25.1. The third kappa shape index (κ3) is 13.4. The molecule has 0 bridgehead atoms. The fraction of sp³-hybridized carbons (Fsp3) is 0. The van der Waals surface area contributed by atoms with Crippen molar-refractivity contribution in [2.45, 2.75) is 0 Å². The van der Waals surface area contributed by atoms with Gasteiger partial charge in [0.25, 0.3) is 0 Å². The molecule has 0 saturated carbocycles. The summed E-state index contributed by atoms with van der Waals surface area (Å²) in [6, 6.07) is 157. The highest BCUT2D eigenvalue weighted by molar-refractivity contribution is 7.27. The molecule has 12 nitrogen and oxygen atoms in total. The zero-order chi connectivity index (χ0) is 87.1. The highest BCUT2D eigenvalue weighted by atomic mass is 32.1. The first kappa shape index (κ1) is 77.1. The van der Waals surface area contributed by atoms with Crippen LogP contribution in [0, 0.1) is 0 Å². The van der Waals surface area contributed by atoms with Crippen LogP contribution in [0.1, 0.15) is 0 Å². The van der Waals surface area contributed by atoms with Crippen LogP contribution in [-0.4, -0.2) is 58.1 Å². The number of benzene rings is 18. The van der Waals surface area contributed by atoms with Crippen molar-refractivity contribution in [2.24, 2.45) is 0 Å². The summed E-state index contributed by atoms with van der Waals surface area (Å²) in [4.78, 5) is 39.9. The number of hydrogen-bond acceptors (Lipinski definition) is 10. The lowest BCUT2D eigenvalue weighted by atomic mass is 10.1. The zero-order valence-corrected chi connectivity index (χ0v) is 72.5. The molecule has 27 aromatic rings. The monoisotopic (exact) mass is 1720 g/mol. The van der Waals surface area contributed by atoms with Gasteiger partial charge in [0.15, 0.2) is 34.9 Å². The average molecular weight is 1720 g/mol. The van der Waals surface area contributed by atoms with E-state index in [2.05, 4.69) is 309 Å². The number of aromatic nitrogens is 12. The van der Waals surface area contributed by atoms with Gasteiger partial charge in [-0.05, 0) is 109 Å². The molecule has 27 rings (SSSR count). The van der Waals surface area contributed by atoms with E-state index in [9.17, 15) is 0 Å². The van der Waals surface area contributed by atoms with Gasteiger partial charge < -0.3 is 13.7 Å². The van der Waals surface area contributed by atoms with Crippen LogP contribution in [0.4, 0.5) is 0 Å². The summed E-state index contributed by atoms with van der Waals surface area (Å²) in [5, 5.41) is 15.0. The second kappa shape index (κ2) is 32.5. The van der Waals surface area contributed by atoms with Crippen LogP contribution in [0.3, 0.4) is 0 Å². The molecule has 0 aliphatic heterocycles. The highest BCUT2D eigenvalue weighted by Crippen LogP contribution is 2.48. The van der Waals surface area contributed by atoms with Gasteiger partial charge in [-0.3, -0.25) is 4.57 Å². The molecular formula is C118H74N12S2. The number of fused-ring (bicyclic) bond motifs is 21. The summed E-state index contributed by atoms with van der Waals surface area (Å²) in [5.41, 5.74) is 22.4. The van der Waals surface area contributed by atoms with E-state index >= 15 is 0 Å². The van der Waals surface area contributed by atoms with Crippen LogP contribution in [-0.2, 0) is 0 Å². The molecule has 9 heterocycles. The Morgan fingerprint density at radius 3 is 0.871 bits per heavy atom. The predicted octanol–water partition coefficient (Wildman–Crippen LogP) is 30.7. The Labute approximate surface area is 765 Å². The van der Waals surface area contributed by atoms with Crippen molar-refractivity contribution >= 4 is 150 Å². The first-order valence-electron chi connectivity index (χ1n) is 44.1. The first-order chi connectivity index (χ1) is 65.5. The van der Waals surface area contributed by atoms with Crippen molar-refractivity contribution in [1.29, 1.82) is 0 Å². The minimum Gasteiger partial charge on any atom is -0.309 e. The van der Waals surface area contributed by atoms with Gasteiger partial charge in [-0.2, -0.15) is 9.97 Å². The van der Waals surface area contributed by atoms with E-state index in [1.165, 1.54) is 106 Å². The standard InChI is InChI=1S/C45H29N5.C40H25N3S.C33H20N4S/c1-4-14-30(15-5-1)43-46-44(31-16-6-2-7-17-31)48-45(47-43)32-24-26-34(27-25-32)49-39-23-13-11-21-37(39)41-40(49)29-28-36-35-20-10-12-22-38(35)50(42(36)41)33-18-8-3-9-19-33;1-3-11-26(12-4-1)34-25-35(27-13-5-2-6-14-27)42-40(41-34)28-19-21-29(22-20-28)43-36-17-9-7-15-30(36)32-23-24-33-31-16-8-10-18-37(31)44-39(33)38(32)43;1-3-11-21(12-4-1)31-34-32(22-13-5-2-6-14-22)36-33(35-31)37-27-17-9-7-15-23(27)25-19-20-26-24-16-8-10-18-28(24)38-30(26)29(25)37/h1-29H;1-25H;1-20H. The quantitative estimate of drug-likeness (QED) is 0.119. The topological polar surface area (TPSA) is 123 Å². The molecule has 0 fully saturated rings. The molecule has 14 heteroatoms. The molecular weight excluding hydrogens is 1650 g/mol. The minimum absolute atomic E-state index is 0.619. The van der Waals surface area contributed by atoms with Crippen molar-refractivity contribution in [2.75, 3.05) is 0 Å². The molecule has 618 valence electrons. The smallest absolute Gasteiger partial charge is 0.238 e. The Kier molecular flexibility index (Phi) is 19.0. The highest BCUT2D eigenvalue weighted by Gasteiger charge is 2.26. The molecule has 132 heavy (non-hydrogen) atoms. The largest absolute Gasteiger partial charge is 0.309 e. The van der Waals surface area contributed by atoms with Gasteiger partial charge in [0.2, 0.25) is 5.95 Å². The Balaban J connectivity index is 0.000000107. The van der Waals surface area contributed by atoms with Crippen molar-refractivity contribution in [3.8, 4) is 114 Å². The lowest BCUT2D eigenvalue weighted by Crippen LogP contribution is -2.06. The lowest BCUT2D eigenvalue weighted by Gasteiger charge is -2.11. The molecule has 0 radical (unpaired) electrons. The molecule has 18 aromatic carbocycles. The molecule has 0 unspecified atom stereocenters. The average Bonchev–Trinajstić information content (AvgIpc) is 1.58. The number of nitrogens with zero attached hydrogens (tertiary/aromatic N) is 12. The SMILES string of the molecule is c1ccc(-c2cc(-c3ccccc3)nc(-c3ccc(-n4c5ccccc5c5ccc6c7ccccc7sc6c54)cc3)n2)cc1.c1ccc(-c2nc(-c3ccccc3)nc(-c3ccc(-n4c5ccccc5c5c4ccc4c6ccccc6n(-c6ccccc6)c45)cc3)n2)cc1.c1ccc(-c2nc(-c3ccccc3)nc(-n3c4ccccc4c4ccc5c6ccccc6sc5c43)n2)cc1. The number of thiophene rings is 2. The second-order valence-corrected chi connectivity index (χ2v) is 34.9. The van der Waals surface area contributed by atoms with Crippen molar-refractivity contribution < 1.29 is 0 Å². The van der Waals surface area contributed by atoms with E-state index in [1.54, 1.807) is 0 Å². The maximum Gasteiger partial charge on any atom is 0.238 e. The molecule has 0 aliphatic carbocycles. The summed E-state index contributed by atoms with van der Waals surface area (Å²) in [7, 11) is 0. The van der Waals surface area contributed by atoms with Gasteiger partial charge >= 0.3 is 0 Å². The van der Waals surface area contributed by atoms with Gasteiger partial charge in [0.1, 0.15) is 0 Å². The Morgan fingerprint density at radius 1 is 0.167 bits per heavy atom. The van der Waals surface area contributed by atoms with E-state index in [0.717, 1.165) is 95.0 Å². The van der Waals surface area contributed by atoms with Crippen molar-refractivity contribution in [1.82, 2.24) is 58.1 Å². The van der Waals surface area contributed by atoms with Gasteiger partial charge in [-0.1, -0.05) is 340 Å². The number of hydrogen-bond donors (Lipinski definition) is 0. The van der Waals surface area contributed by atoms with E-state index in [-0.39, 0.29) is 0 Å². The maximum absolute atomic E-state index is 5.08. The summed E-state index contributed by atoms with van der Waals surface area (Å²) < 4.78 is 14.6. The number of rotatable bonds is 12. The Hall–Kier alpha value is -17.3. The van der Waals surface area contributed by atoms with Crippen LogP contribution in [0.5, 0.6) is 0 Å². The van der Waals surface area contributed by atoms with Gasteiger partial charge in [0.05, 0.1) is 64.9 Å². The van der Waals surface area contributed by atoms with E-state index in [4.69, 9.17) is 39.9 Å². The predicted molar refractivity (Wildman–Crippen MR) is 548 cm³/mol. The fourth-order valence-corrected chi connectivity index (χ4v) is 21.5. The molecule has 0 N–H and O–H groups in total. The Morgan fingerprint density at radius 2 is 0.447 bits per heavy atom. The van der Waals surface area contributed by atoms with Gasteiger partial charge in [0, 0.05) is 136 Å². The van der Waals surface area contributed by atoms with Crippen LogP contribution in [0.2, 0.25) is 0 Å². The summed E-state index contributed by atoms with van der Waals surface area (Å²) >= 11 is 3.70. The van der Waals surface area contributed by atoms with Crippen molar-refractivity contribution in [3.05, 3.63) is 449 Å². The van der Waals surface area contributed by atoms with Crippen LogP contribution in [0.25, 0.3) is 241 Å². The third-order valence-corrected chi connectivity index (χ3v) is 27.4. The molecule has 0 atom stereocenters. The zero-order valence-electron chi connectivity index (χ0n) is 70.9. The second-order valence-electron chi connectivity index (χ2n) is 32.8. The lowest BCUT2D eigenvalue weighted by molar-refractivity contribution is 0.955. The summed E-state index contributed by atoms with van der Waals surface area (Å²) in [5.74, 6) is 4.59. The van der Waals surface area contributed by atoms with E-state index in [1.807, 2.05) is 180 Å².